The first-order valence-electron chi connectivity index (χ1n) is 11.4. The molecule has 0 spiro atoms. The van der Waals surface area contributed by atoms with Crippen molar-refractivity contribution in [3.63, 3.8) is 0 Å². The number of imidazole rings is 1. The van der Waals surface area contributed by atoms with Crippen molar-refractivity contribution >= 4 is 34.5 Å². The fourth-order valence-electron chi connectivity index (χ4n) is 4.45. The number of nitrogens with zero attached hydrogens (tertiary/aromatic N) is 4. The summed E-state index contributed by atoms with van der Waals surface area (Å²) < 4.78 is 0. The molecule has 0 amide bonds. The van der Waals surface area contributed by atoms with Crippen LogP contribution in [0.3, 0.4) is 0 Å². The largest absolute Gasteiger partial charge is 0.347 e. The third kappa shape index (κ3) is 3.99. The number of para-hydroxylation sites is 3. The van der Waals surface area contributed by atoms with E-state index in [-0.39, 0.29) is 5.41 Å². The van der Waals surface area contributed by atoms with E-state index in [1.54, 1.807) is 6.21 Å². The van der Waals surface area contributed by atoms with Gasteiger partial charge in [-0.3, -0.25) is 5.43 Å². The summed E-state index contributed by atoms with van der Waals surface area (Å²) in [6.07, 6.45) is 3.84. The lowest BCUT2D eigenvalue weighted by Crippen LogP contribution is -2.23. The molecule has 0 atom stereocenters. The monoisotopic (exact) mass is 448 g/mol. The Morgan fingerprint density at radius 2 is 1.74 bits per heavy atom. The molecule has 3 aromatic carbocycles. The number of aromatic nitrogens is 2. The molecule has 2 N–H and O–H groups in total. The van der Waals surface area contributed by atoms with Gasteiger partial charge in [-0.15, -0.1) is 0 Å². The standard InChI is InChI=1S/C28H28N6/c1-19-13-15-20(16-14-19)30-27(26-31-22-10-6-7-11-23(22)32-26)33-29-18-17-25-28(2,3)21-9-5-8-12-24(21)34(25)4/h5-18H,1-4H3,(H,30,33)(H,31,32)/b25-17?,29-18+. The first-order valence-corrected chi connectivity index (χ1v) is 11.4. The Morgan fingerprint density at radius 3 is 2.50 bits per heavy atom. The summed E-state index contributed by atoms with van der Waals surface area (Å²) >= 11 is 0. The number of aryl methyl sites for hydroxylation is 1. The molecule has 0 unspecified atom stereocenters. The zero-order valence-electron chi connectivity index (χ0n) is 19.9. The molecule has 1 aromatic heterocycles. The average molecular weight is 449 g/mol. The van der Waals surface area contributed by atoms with E-state index in [0.29, 0.717) is 11.7 Å². The van der Waals surface area contributed by atoms with Crippen LogP contribution >= 0.6 is 0 Å². The summed E-state index contributed by atoms with van der Waals surface area (Å²) in [6, 6.07) is 24.5. The van der Waals surface area contributed by atoms with Gasteiger partial charge in [0.15, 0.2) is 11.7 Å². The maximum Gasteiger partial charge on any atom is 0.190 e. The molecule has 0 saturated heterocycles. The van der Waals surface area contributed by atoms with Crippen molar-refractivity contribution in [3.8, 4) is 0 Å². The molecule has 0 radical (unpaired) electrons. The number of benzene rings is 3. The number of allylic oxidation sites excluding steroid dienone is 2. The number of nitrogens with one attached hydrogen (secondary N) is 2. The first-order chi connectivity index (χ1) is 16.4. The first kappa shape index (κ1) is 21.6. The van der Waals surface area contributed by atoms with Gasteiger partial charge in [0, 0.05) is 30.1 Å². The molecule has 170 valence electrons. The van der Waals surface area contributed by atoms with Gasteiger partial charge in [0.1, 0.15) is 0 Å². The maximum atomic E-state index is 4.78. The average Bonchev–Trinajstić information content (AvgIpc) is 3.35. The van der Waals surface area contributed by atoms with Crippen LogP contribution in [0.5, 0.6) is 0 Å². The number of hydrogen-bond acceptors (Lipinski definition) is 4. The topological polar surface area (TPSA) is 68.7 Å². The quantitative estimate of drug-likeness (QED) is 0.234. The Hall–Kier alpha value is -4.19. The van der Waals surface area contributed by atoms with Crippen molar-refractivity contribution in [3.05, 3.63) is 102 Å². The molecule has 1 aliphatic rings. The smallest absolute Gasteiger partial charge is 0.190 e. The van der Waals surface area contributed by atoms with Gasteiger partial charge in [0.05, 0.1) is 16.7 Å². The number of hydrogen-bond donors (Lipinski definition) is 2. The fourth-order valence-corrected chi connectivity index (χ4v) is 4.45. The minimum absolute atomic E-state index is 0.102. The van der Waals surface area contributed by atoms with Crippen molar-refractivity contribution in [1.82, 2.24) is 15.4 Å². The van der Waals surface area contributed by atoms with Crippen molar-refractivity contribution in [2.75, 3.05) is 11.9 Å². The highest BCUT2D eigenvalue weighted by Gasteiger charge is 2.37. The van der Waals surface area contributed by atoms with Gasteiger partial charge in [0.2, 0.25) is 0 Å². The minimum Gasteiger partial charge on any atom is -0.347 e. The number of aliphatic imine (C=N–C) groups is 1. The molecule has 6 nitrogen and oxygen atoms in total. The van der Waals surface area contributed by atoms with Crippen LogP contribution in [0.25, 0.3) is 11.0 Å². The summed E-state index contributed by atoms with van der Waals surface area (Å²) in [5.41, 5.74) is 10.6. The highest BCUT2D eigenvalue weighted by Crippen LogP contribution is 2.46. The van der Waals surface area contributed by atoms with Crippen LogP contribution in [0.4, 0.5) is 11.4 Å². The van der Waals surface area contributed by atoms with Crippen LogP contribution in [0.15, 0.2) is 94.7 Å². The number of H-pyrrole nitrogens is 1. The number of aromatic amines is 1. The third-order valence-corrected chi connectivity index (χ3v) is 6.31. The van der Waals surface area contributed by atoms with Crippen LogP contribution in [-0.2, 0) is 5.41 Å². The molecule has 4 aromatic rings. The number of likely N-dealkylation sites (N-methyl/N-ethyl adjacent to an activating group) is 1. The van der Waals surface area contributed by atoms with Gasteiger partial charge in [-0.05, 0) is 48.9 Å². The Morgan fingerprint density at radius 1 is 1.00 bits per heavy atom. The second-order valence-corrected chi connectivity index (χ2v) is 9.04. The number of rotatable bonds is 4. The molecule has 1 aliphatic heterocycles. The van der Waals surface area contributed by atoms with E-state index >= 15 is 0 Å². The van der Waals surface area contributed by atoms with Crippen molar-refractivity contribution < 1.29 is 0 Å². The van der Waals surface area contributed by atoms with Crippen LogP contribution in [0.1, 0.15) is 30.8 Å². The highest BCUT2D eigenvalue weighted by molar-refractivity contribution is 6.00. The van der Waals surface area contributed by atoms with E-state index in [4.69, 9.17) is 9.98 Å². The van der Waals surface area contributed by atoms with E-state index in [2.05, 4.69) is 78.6 Å². The molecule has 0 aliphatic carbocycles. The van der Waals surface area contributed by atoms with E-state index in [1.165, 1.54) is 22.5 Å². The zero-order chi connectivity index (χ0) is 23.7. The van der Waals surface area contributed by atoms with Gasteiger partial charge in [-0.1, -0.05) is 61.9 Å². The van der Waals surface area contributed by atoms with E-state index < -0.39 is 0 Å². The fraction of sp³-hybridized carbons (Fsp3) is 0.179. The van der Waals surface area contributed by atoms with E-state index in [9.17, 15) is 0 Å². The summed E-state index contributed by atoms with van der Waals surface area (Å²) in [5.74, 6) is 1.19. The summed E-state index contributed by atoms with van der Waals surface area (Å²) in [5, 5.41) is 4.49. The lowest BCUT2D eigenvalue weighted by molar-refractivity contribution is 0.641. The highest BCUT2D eigenvalue weighted by atomic mass is 15.3. The molecule has 34 heavy (non-hydrogen) atoms. The van der Waals surface area contributed by atoms with Crippen molar-refractivity contribution in [1.29, 1.82) is 0 Å². The summed E-state index contributed by atoms with van der Waals surface area (Å²) in [6.45, 7) is 6.53. The SMILES string of the molecule is Cc1ccc(N=C(N/N=C/C=C2N(C)c3ccccc3C2(C)C)c2nc3ccccc3[nH]2)cc1. The number of anilines is 1. The van der Waals surface area contributed by atoms with Crippen LogP contribution in [-0.4, -0.2) is 29.1 Å². The number of fused-ring (bicyclic) bond motifs is 2. The predicted molar refractivity (Wildman–Crippen MR) is 141 cm³/mol. The molecule has 0 bridgehead atoms. The third-order valence-electron chi connectivity index (χ3n) is 6.31. The molecule has 0 saturated carbocycles. The molecular weight excluding hydrogens is 420 g/mol. The minimum atomic E-state index is -0.102. The number of hydrazone groups is 1. The van der Waals surface area contributed by atoms with Gasteiger partial charge >= 0.3 is 0 Å². The predicted octanol–water partition coefficient (Wildman–Crippen LogP) is 5.84. The van der Waals surface area contributed by atoms with Gasteiger partial charge in [-0.2, -0.15) is 5.10 Å². The lowest BCUT2D eigenvalue weighted by Gasteiger charge is -2.23. The van der Waals surface area contributed by atoms with Crippen molar-refractivity contribution in [2.24, 2.45) is 10.1 Å². The van der Waals surface area contributed by atoms with E-state index in [0.717, 1.165) is 16.7 Å². The normalized spacial score (nSPS) is 16.5. The zero-order valence-corrected chi connectivity index (χ0v) is 19.9. The molecule has 5 rings (SSSR count). The Balaban J connectivity index is 1.45. The van der Waals surface area contributed by atoms with Gasteiger partial charge in [0.25, 0.3) is 0 Å². The summed E-state index contributed by atoms with van der Waals surface area (Å²) in [7, 11) is 2.10. The Kier molecular flexibility index (Phi) is 5.49. The second kappa shape index (κ2) is 8.63. The Bertz CT molecular complexity index is 1390. The maximum absolute atomic E-state index is 4.78. The Labute approximate surface area is 199 Å². The molecule has 2 heterocycles. The van der Waals surface area contributed by atoms with Crippen LogP contribution in [0.2, 0.25) is 0 Å². The van der Waals surface area contributed by atoms with Crippen LogP contribution in [0, 0.1) is 6.92 Å². The van der Waals surface area contributed by atoms with Gasteiger partial charge in [-0.25, -0.2) is 9.98 Å². The molecule has 0 fully saturated rings. The lowest BCUT2D eigenvalue weighted by atomic mass is 9.84. The molecule has 6 heteroatoms. The van der Waals surface area contributed by atoms with E-state index in [1.807, 2.05) is 48.5 Å². The van der Waals surface area contributed by atoms with Crippen LogP contribution < -0.4 is 10.3 Å². The van der Waals surface area contributed by atoms with Gasteiger partial charge < -0.3 is 9.88 Å². The molecular formula is C28H28N6. The second-order valence-electron chi connectivity index (χ2n) is 9.04. The summed E-state index contributed by atoms with van der Waals surface area (Å²) in [4.78, 5) is 15.0. The van der Waals surface area contributed by atoms with Crippen molar-refractivity contribution in [2.45, 2.75) is 26.2 Å². The number of amidine groups is 1.